The molecule has 0 saturated heterocycles. The standard InChI is InChI=1S/C13H25NO4S/c1-10(19)11(15)17-9-7-5-6-8-14-12(16)18-13(2,3)4/h10,19H,5-9H2,1-4H3,(H,14,16). The summed E-state index contributed by atoms with van der Waals surface area (Å²) in [6, 6.07) is 0. The molecule has 1 amide bonds. The van der Waals surface area contributed by atoms with Crippen molar-refractivity contribution in [1.29, 1.82) is 0 Å². The minimum Gasteiger partial charge on any atom is -0.465 e. The number of alkyl carbamates (subject to hydrolysis) is 1. The first-order valence-corrected chi connectivity index (χ1v) is 7.05. The largest absolute Gasteiger partial charge is 0.465 e. The molecule has 0 fully saturated rings. The van der Waals surface area contributed by atoms with E-state index in [4.69, 9.17) is 9.47 Å². The van der Waals surface area contributed by atoms with Crippen LogP contribution in [0.15, 0.2) is 0 Å². The number of thiol groups is 1. The number of rotatable bonds is 7. The Kier molecular flexibility index (Phi) is 8.63. The highest BCUT2D eigenvalue weighted by Crippen LogP contribution is 2.06. The van der Waals surface area contributed by atoms with Crippen molar-refractivity contribution < 1.29 is 19.1 Å². The molecule has 0 aromatic heterocycles. The Morgan fingerprint density at radius 3 is 2.37 bits per heavy atom. The molecule has 1 atom stereocenters. The van der Waals surface area contributed by atoms with Crippen LogP contribution in [-0.2, 0) is 14.3 Å². The van der Waals surface area contributed by atoms with E-state index in [0.717, 1.165) is 19.3 Å². The van der Waals surface area contributed by atoms with Gasteiger partial charge in [-0.25, -0.2) is 4.79 Å². The molecule has 0 aliphatic heterocycles. The molecule has 19 heavy (non-hydrogen) atoms. The maximum atomic E-state index is 11.3. The molecule has 1 N–H and O–H groups in total. The Hall–Kier alpha value is -0.910. The van der Waals surface area contributed by atoms with Gasteiger partial charge in [0.05, 0.1) is 11.9 Å². The van der Waals surface area contributed by atoms with Gasteiger partial charge in [-0.05, 0) is 47.0 Å². The van der Waals surface area contributed by atoms with Crippen molar-refractivity contribution >= 4 is 24.7 Å². The Balaban J connectivity index is 3.41. The van der Waals surface area contributed by atoms with E-state index in [1.54, 1.807) is 6.92 Å². The Labute approximate surface area is 120 Å². The summed E-state index contributed by atoms with van der Waals surface area (Å²) in [4.78, 5) is 22.4. The van der Waals surface area contributed by atoms with Crippen molar-refractivity contribution in [3.63, 3.8) is 0 Å². The lowest BCUT2D eigenvalue weighted by Gasteiger charge is -2.19. The lowest BCUT2D eigenvalue weighted by molar-refractivity contribution is -0.142. The van der Waals surface area contributed by atoms with Gasteiger partial charge in [0.2, 0.25) is 0 Å². The normalized spacial score (nSPS) is 12.7. The third kappa shape index (κ3) is 11.9. The first-order valence-electron chi connectivity index (χ1n) is 6.54. The number of unbranched alkanes of at least 4 members (excludes halogenated alkanes) is 2. The van der Waals surface area contributed by atoms with Crippen LogP contribution >= 0.6 is 12.6 Å². The van der Waals surface area contributed by atoms with Gasteiger partial charge in [0, 0.05) is 6.54 Å². The number of carbonyl (C=O) groups is 2. The topological polar surface area (TPSA) is 64.6 Å². The molecule has 0 radical (unpaired) electrons. The molecular weight excluding hydrogens is 266 g/mol. The zero-order valence-corrected chi connectivity index (χ0v) is 13.1. The number of nitrogens with one attached hydrogen (secondary N) is 1. The van der Waals surface area contributed by atoms with Crippen molar-refractivity contribution in [2.24, 2.45) is 0 Å². The summed E-state index contributed by atoms with van der Waals surface area (Å²) >= 11 is 3.97. The van der Waals surface area contributed by atoms with Gasteiger partial charge in [-0.15, -0.1) is 0 Å². The highest BCUT2D eigenvalue weighted by molar-refractivity contribution is 7.81. The van der Waals surface area contributed by atoms with Gasteiger partial charge in [-0.3, -0.25) is 4.79 Å². The molecule has 6 heteroatoms. The number of carbonyl (C=O) groups excluding carboxylic acids is 2. The molecule has 0 bridgehead atoms. The summed E-state index contributed by atoms with van der Waals surface area (Å²) in [5.41, 5.74) is -0.470. The van der Waals surface area contributed by atoms with Crippen LogP contribution < -0.4 is 5.32 Å². The quantitative estimate of drug-likeness (QED) is 0.430. The monoisotopic (exact) mass is 291 g/mol. The van der Waals surface area contributed by atoms with E-state index >= 15 is 0 Å². The van der Waals surface area contributed by atoms with Crippen LogP contribution in [0.5, 0.6) is 0 Å². The summed E-state index contributed by atoms with van der Waals surface area (Å²) in [6.45, 7) is 8.11. The predicted octanol–water partition coefficient (Wildman–Crippen LogP) is 2.54. The van der Waals surface area contributed by atoms with E-state index in [0.29, 0.717) is 13.2 Å². The number of hydrogen-bond donors (Lipinski definition) is 2. The number of hydrogen-bond acceptors (Lipinski definition) is 5. The fourth-order valence-electron chi connectivity index (χ4n) is 1.20. The molecular formula is C13H25NO4S. The van der Waals surface area contributed by atoms with Crippen molar-refractivity contribution in [3.8, 4) is 0 Å². The van der Waals surface area contributed by atoms with Crippen LogP contribution in [0.1, 0.15) is 47.0 Å². The van der Waals surface area contributed by atoms with Crippen molar-refractivity contribution in [2.45, 2.75) is 57.8 Å². The van der Waals surface area contributed by atoms with Gasteiger partial charge < -0.3 is 14.8 Å². The predicted molar refractivity (Wildman–Crippen MR) is 77.5 cm³/mol. The number of amides is 1. The zero-order chi connectivity index (χ0) is 14.9. The molecule has 5 nitrogen and oxygen atoms in total. The molecule has 0 aromatic carbocycles. The fraction of sp³-hybridized carbons (Fsp3) is 0.846. The van der Waals surface area contributed by atoms with E-state index in [-0.39, 0.29) is 11.2 Å². The zero-order valence-electron chi connectivity index (χ0n) is 12.2. The molecule has 0 heterocycles. The molecule has 1 unspecified atom stereocenters. The molecule has 0 spiro atoms. The minimum absolute atomic E-state index is 0.296. The average Bonchev–Trinajstić information content (AvgIpc) is 2.24. The lowest BCUT2D eigenvalue weighted by Crippen LogP contribution is -2.33. The van der Waals surface area contributed by atoms with Crippen molar-refractivity contribution in [1.82, 2.24) is 5.32 Å². The first kappa shape index (κ1) is 18.1. The summed E-state index contributed by atoms with van der Waals surface area (Å²) < 4.78 is 10.1. The van der Waals surface area contributed by atoms with E-state index in [1.165, 1.54) is 0 Å². The number of ether oxygens (including phenoxy) is 2. The third-order valence-corrected chi connectivity index (χ3v) is 2.29. The highest BCUT2D eigenvalue weighted by Gasteiger charge is 2.15. The van der Waals surface area contributed by atoms with Crippen LogP contribution in [0.4, 0.5) is 4.79 Å². The van der Waals surface area contributed by atoms with Crippen LogP contribution in [0.2, 0.25) is 0 Å². The molecule has 0 aliphatic rings. The second-order valence-corrected chi connectivity index (χ2v) is 6.11. The molecule has 0 aliphatic carbocycles. The van der Waals surface area contributed by atoms with Gasteiger partial charge in [-0.1, -0.05) is 0 Å². The van der Waals surface area contributed by atoms with E-state index in [9.17, 15) is 9.59 Å². The smallest absolute Gasteiger partial charge is 0.407 e. The fourth-order valence-corrected chi connectivity index (χ4v) is 1.28. The van der Waals surface area contributed by atoms with E-state index in [1.807, 2.05) is 20.8 Å². The van der Waals surface area contributed by atoms with Gasteiger partial charge in [0.25, 0.3) is 0 Å². The second kappa shape index (κ2) is 9.07. The minimum atomic E-state index is -0.470. The third-order valence-electron chi connectivity index (χ3n) is 2.07. The molecule has 0 saturated carbocycles. The van der Waals surface area contributed by atoms with Gasteiger partial charge in [-0.2, -0.15) is 12.6 Å². The summed E-state index contributed by atoms with van der Waals surface area (Å²) in [5, 5.41) is 2.30. The van der Waals surface area contributed by atoms with Crippen LogP contribution in [0.25, 0.3) is 0 Å². The van der Waals surface area contributed by atoms with Crippen LogP contribution in [-0.4, -0.2) is 36.1 Å². The summed E-state index contributed by atoms with van der Waals surface area (Å²) in [7, 11) is 0. The molecule has 0 aromatic rings. The van der Waals surface area contributed by atoms with Crippen molar-refractivity contribution in [2.75, 3.05) is 13.2 Å². The Bertz CT molecular complexity index is 287. The van der Waals surface area contributed by atoms with Gasteiger partial charge in [0.15, 0.2) is 0 Å². The van der Waals surface area contributed by atoms with Crippen LogP contribution in [0.3, 0.4) is 0 Å². The Morgan fingerprint density at radius 2 is 1.84 bits per heavy atom. The molecule has 112 valence electrons. The second-order valence-electron chi connectivity index (χ2n) is 5.33. The van der Waals surface area contributed by atoms with Crippen molar-refractivity contribution in [3.05, 3.63) is 0 Å². The lowest BCUT2D eigenvalue weighted by atomic mass is 10.2. The number of esters is 1. The van der Waals surface area contributed by atoms with Gasteiger partial charge in [0.1, 0.15) is 5.60 Å². The maximum Gasteiger partial charge on any atom is 0.407 e. The average molecular weight is 291 g/mol. The molecule has 0 rings (SSSR count). The summed E-state index contributed by atoms with van der Waals surface area (Å²) in [5.74, 6) is -0.296. The van der Waals surface area contributed by atoms with E-state index < -0.39 is 11.7 Å². The van der Waals surface area contributed by atoms with Gasteiger partial charge >= 0.3 is 12.1 Å². The first-order chi connectivity index (χ1) is 8.72. The Morgan fingerprint density at radius 1 is 1.21 bits per heavy atom. The highest BCUT2D eigenvalue weighted by atomic mass is 32.1. The van der Waals surface area contributed by atoms with Crippen LogP contribution in [0, 0.1) is 0 Å². The van der Waals surface area contributed by atoms with E-state index in [2.05, 4.69) is 17.9 Å². The summed E-state index contributed by atoms with van der Waals surface area (Å²) in [6.07, 6.45) is 2.09. The maximum absolute atomic E-state index is 11.3. The SMILES string of the molecule is CC(S)C(=O)OCCCCCNC(=O)OC(C)(C)C.